The van der Waals surface area contributed by atoms with E-state index in [0.29, 0.717) is 22.6 Å². The number of rotatable bonds is 4. The minimum absolute atomic E-state index is 0.0582. The van der Waals surface area contributed by atoms with Crippen molar-refractivity contribution in [1.29, 1.82) is 0 Å². The molecule has 0 fully saturated rings. The molecule has 16 heavy (non-hydrogen) atoms. The molecule has 0 bridgehead atoms. The van der Waals surface area contributed by atoms with Gasteiger partial charge >= 0.3 is 5.97 Å². The second kappa shape index (κ2) is 5.30. The fraction of sp³-hybridized carbons (Fsp3) is 0.417. The number of carbonyl (C=O) groups is 1. The Morgan fingerprint density at radius 2 is 2.19 bits per heavy atom. The van der Waals surface area contributed by atoms with Gasteiger partial charge in [-0.2, -0.15) is 0 Å². The van der Waals surface area contributed by atoms with E-state index in [9.17, 15) is 9.18 Å². The Hall–Kier alpha value is -1.09. The third-order valence-electron chi connectivity index (χ3n) is 2.42. The molecule has 1 atom stereocenters. The second-order valence-corrected chi connectivity index (χ2v) is 4.51. The van der Waals surface area contributed by atoms with Crippen LogP contribution in [0.5, 0.6) is 0 Å². The minimum Gasteiger partial charge on any atom is -0.481 e. The lowest BCUT2D eigenvalue weighted by Gasteiger charge is -2.11. The summed E-state index contributed by atoms with van der Waals surface area (Å²) in [5.74, 6) is -1.21. The van der Waals surface area contributed by atoms with E-state index in [1.807, 2.05) is 6.92 Å². The molecule has 1 aromatic carbocycles. The van der Waals surface area contributed by atoms with Crippen LogP contribution in [0.4, 0.5) is 4.39 Å². The molecule has 0 saturated carbocycles. The average Bonchev–Trinajstić information content (AvgIpc) is 2.12. The maximum Gasteiger partial charge on any atom is 0.303 e. The Morgan fingerprint density at radius 1 is 1.56 bits per heavy atom. The molecular weight excluding hydrogens is 231 g/mol. The molecule has 0 aliphatic rings. The average molecular weight is 245 g/mol. The highest BCUT2D eigenvalue weighted by molar-refractivity contribution is 6.31. The molecule has 2 nitrogen and oxygen atoms in total. The van der Waals surface area contributed by atoms with Gasteiger partial charge in [0.25, 0.3) is 0 Å². The fourth-order valence-electron chi connectivity index (χ4n) is 1.59. The summed E-state index contributed by atoms with van der Waals surface area (Å²) in [6.45, 7) is 3.45. The third-order valence-corrected chi connectivity index (χ3v) is 2.77. The maximum absolute atomic E-state index is 13.3. The van der Waals surface area contributed by atoms with Crippen molar-refractivity contribution in [3.63, 3.8) is 0 Å². The van der Waals surface area contributed by atoms with Gasteiger partial charge in [0, 0.05) is 11.4 Å². The summed E-state index contributed by atoms with van der Waals surface area (Å²) in [4.78, 5) is 10.5. The first-order valence-electron chi connectivity index (χ1n) is 5.06. The van der Waals surface area contributed by atoms with E-state index in [0.717, 1.165) is 0 Å². The number of benzene rings is 1. The summed E-state index contributed by atoms with van der Waals surface area (Å²) in [7, 11) is 0. The lowest BCUT2D eigenvalue weighted by molar-refractivity contribution is -0.137. The molecule has 0 spiro atoms. The first kappa shape index (κ1) is 13.0. The van der Waals surface area contributed by atoms with E-state index < -0.39 is 5.97 Å². The van der Waals surface area contributed by atoms with Crippen LogP contribution in [0.15, 0.2) is 12.1 Å². The highest BCUT2D eigenvalue weighted by atomic mass is 35.5. The van der Waals surface area contributed by atoms with Gasteiger partial charge in [0.05, 0.1) is 0 Å². The van der Waals surface area contributed by atoms with E-state index >= 15 is 0 Å². The van der Waals surface area contributed by atoms with E-state index in [1.54, 1.807) is 13.0 Å². The van der Waals surface area contributed by atoms with Gasteiger partial charge in [-0.1, -0.05) is 18.5 Å². The summed E-state index contributed by atoms with van der Waals surface area (Å²) in [6.07, 6.45) is 0.536. The van der Waals surface area contributed by atoms with Gasteiger partial charge in [-0.05, 0) is 42.5 Å². The molecule has 4 heteroatoms. The van der Waals surface area contributed by atoms with Crippen molar-refractivity contribution in [2.45, 2.75) is 26.7 Å². The normalized spacial score (nSPS) is 12.5. The molecule has 0 aromatic heterocycles. The minimum atomic E-state index is -0.851. The first-order chi connectivity index (χ1) is 7.40. The SMILES string of the molecule is Cc1cc(Cl)c(CC(C)CC(=O)O)cc1F. The largest absolute Gasteiger partial charge is 0.481 e. The summed E-state index contributed by atoms with van der Waals surface area (Å²) in [5.41, 5.74) is 1.16. The summed E-state index contributed by atoms with van der Waals surface area (Å²) >= 11 is 5.97. The standard InChI is InChI=1S/C12H14ClFO2/c1-7(4-12(15)16)3-9-6-11(14)8(2)5-10(9)13/h5-7H,3-4H2,1-2H3,(H,15,16). The zero-order chi connectivity index (χ0) is 12.3. The van der Waals surface area contributed by atoms with Crippen LogP contribution in [-0.4, -0.2) is 11.1 Å². The summed E-state index contributed by atoms with van der Waals surface area (Å²) < 4.78 is 13.3. The number of aryl methyl sites for hydroxylation is 1. The van der Waals surface area contributed by atoms with Gasteiger partial charge in [0.2, 0.25) is 0 Å². The van der Waals surface area contributed by atoms with E-state index in [4.69, 9.17) is 16.7 Å². The highest BCUT2D eigenvalue weighted by Crippen LogP contribution is 2.23. The number of carboxylic acid groups (broad SMARTS) is 1. The van der Waals surface area contributed by atoms with Crippen molar-refractivity contribution in [2.75, 3.05) is 0 Å². The van der Waals surface area contributed by atoms with Crippen molar-refractivity contribution in [1.82, 2.24) is 0 Å². The monoisotopic (exact) mass is 244 g/mol. The highest BCUT2D eigenvalue weighted by Gasteiger charge is 2.12. The Labute approximate surface area is 99.0 Å². The Morgan fingerprint density at radius 3 is 2.75 bits per heavy atom. The van der Waals surface area contributed by atoms with Crippen LogP contribution in [0.1, 0.15) is 24.5 Å². The lowest BCUT2D eigenvalue weighted by Crippen LogP contribution is -2.07. The van der Waals surface area contributed by atoms with Crippen molar-refractivity contribution in [3.05, 3.63) is 34.1 Å². The zero-order valence-electron chi connectivity index (χ0n) is 9.26. The Kier molecular flexibility index (Phi) is 4.30. The molecule has 0 radical (unpaired) electrons. The van der Waals surface area contributed by atoms with Crippen LogP contribution in [0, 0.1) is 18.7 Å². The predicted molar refractivity (Wildman–Crippen MR) is 61.3 cm³/mol. The summed E-state index contributed by atoms with van der Waals surface area (Å²) in [6, 6.07) is 2.95. The van der Waals surface area contributed by atoms with Gasteiger partial charge in [-0.3, -0.25) is 4.79 Å². The van der Waals surface area contributed by atoms with E-state index in [-0.39, 0.29) is 18.2 Å². The second-order valence-electron chi connectivity index (χ2n) is 4.10. The van der Waals surface area contributed by atoms with Crippen LogP contribution in [0.25, 0.3) is 0 Å². The topological polar surface area (TPSA) is 37.3 Å². The molecule has 0 amide bonds. The number of halogens is 2. The number of carboxylic acids is 1. The molecule has 0 aliphatic carbocycles. The molecule has 0 aliphatic heterocycles. The fourth-order valence-corrected chi connectivity index (χ4v) is 1.88. The molecule has 0 heterocycles. The maximum atomic E-state index is 13.3. The van der Waals surface area contributed by atoms with Crippen LogP contribution in [0.2, 0.25) is 5.02 Å². The van der Waals surface area contributed by atoms with Gasteiger partial charge in [0.1, 0.15) is 5.82 Å². The van der Waals surface area contributed by atoms with Crippen LogP contribution in [0.3, 0.4) is 0 Å². The van der Waals surface area contributed by atoms with Crippen LogP contribution in [-0.2, 0) is 11.2 Å². The third kappa shape index (κ3) is 3.49. The number of hydrogen-bond donors (Lipinski definition) is 1. The predicted octanol–water partition coefficient (Wildman–Crippen LogP) is 3.44. The van der Waals surface area contributed by atoms with Gasteiger partial charge in [-0.25, -0.2) is 4.39 Å². The van der Waals surface area contributed by atoms with Crippen molar-refractivity contribution in [3.8, 4) is 0 Å². The molecular formula is C12H14ClFO2. The number of hydrogen-bond acceptors (Lipinski definition) is 1. The number of aliphatic carboxylic acids is 1. The lowest BCUT2D eigenvalue weighted by atomic mass is 9.97. The zero-order valence-corrected chi connectivity index (χ0v) is 10.0. The molecule has 88 valence electrons. The van der Waals surface area contributed by atoms with Crippen molar-refractivity contribution in [2.24, 2.45) is 5.92 Å². The molecule has 0 saturated heterocycles. The van der Waals surface area contributed by atoms with E-state index in [2.05, 4.69) is 0 Å². The van der Waals surface area contributed by atoms with Crippen LogP contribution >= 0.6 is 11.6 Å². The summed E-state index contributed by atoms with van der Waals surface area (Å²) in [5, 5.41) is 9.12. The van der Waals surface area contributed by atoms with Crippen molar-refractivity contribution >= 4 is 17.6 Å². The Balaban J connectivity index is 2.81. The Bertz CT molecular complexity index is 404. The van der Waals surface area contributed by atoms with Crippen molar-refractivity contribution < 1.29 is 14.3 Å². The molecule has 1 aromatic rings. The van der Waals surface area contributed by atoms with Gasteiger partial charge < -0.3 is 5.11 Å². The molecule has 1 rings (SSSR count). The van der Waals surface area contributed by atoms with Crippen LogP contribution < -0.4 is 0 Å². The molecule has 1 N–H and O–H groups in total. The van der Waals surface area contributed by atoms with Gasteiger partial charge in [-0.15, -0.1) is 0 Å². The quantitative estimate of drug-likeness (QED) is 0.881. The van der Waals surface area contributed by atoms with E-state index in [1.165, 1.54) is 6.07 Å². The van der Waals surface area contributed by atoms with Gasteiger partial charge in [0.15, 0.2) is 0 Å². The molecule has 1 unspecified atom stereocenters. The first-order valence-corrected chi connectivity index (χ1v) is 5.44. The smallest absolute Gasteiger partial charge is 0.303 e.